The van der Waals surface area contributed by atoms with Crippen LogP contribution in [0.3, 0.4) is 0 Å². The van der Waals surface area contributed by atoms with Crippen molar-refractivity contribution in [3.05, 3.63) is 11.1 Å². The van der Waals surface area contributed by atoms with Gasteiger partial charge in [-0.05, 0) is 20.8 Å². The Morgan fingerprint density at radius 2 is 2.44 bits per heavy atom. The fourth-order valence-corrected chi connectivity index (χ4v) is 2.65. The summed E-state index contributed by atoms with van der Waals surface area (Å²) in [5.74, 6) is -0.00898. The van der Waals surface area contributed by atoms with Crippen molar-refractivity contribution >= 4 is 22.4 Å². The van der Waals surface area contributed by atoms with Gasteiger partial charge in [0.2, 0.25) is 5.91 Å². The summed E-state index contributed by atoms with van der Waals surface area (Å²) in [6.45, 7) is 7.90. The summed E-state index contributed by atoms with van der Waals surface area (Å²) < 4.78 is 5.54. The van der Waals surface area contributed by atoms with Crippen LogP contribution >= 0.6 is 11.3 Å². The third kappa shape index (κ3) is 3.51. The van der Waals surface area contributed by atoms with E-state index in [1.807, 2.05) is 19.2 Å². The van der Waals surface area contributed by atoms with E-state index in [0.717, 1.165) is 12.2 Å². The van der Waals surface area contributed by atoms with Gasteiger partial charge in [0.1, 0.15) is 0 Å². The number of aromatic nitrogens is 1. The zero-order valence-electron chi connectivity index (χ0n) is 11.0. The predicted octanol–water partition coefficient (Wildman–Crippen LogP) is 1.50. The Balaban J connectivity index is 1.86. The van der Waals surface area contributed by atoms with Gasteiger partial charge in [-0.15, -0.1) is 11.3 Å². The van der Waals surface area contributed by atoms with E-state index >= 15 is 0 Å². The van der Waals surface area contributed by atoms with Gasteiger partial charge in [0.05, 0.1) is 24.9 Å². The van der Waals surface area contributed by atoms with E-state index in [-0.39, 0.29) is 18.1 Å². The number of carbonyl (C=O) groups is 1. The van der Waals surface area contributed by atoms with Crippen LogP contribution in [0, 0.1) is 6.92 Å². The van der Waals surface area contributed by atoms with E-state index in [0.29, 0.717) is 18.3 Å². The van der Waals surface area contributed by atoms with Gasteiger partial charge < -0.3 is 10.1 Å². The lowest BCUT2D eigenvalue weighted by molar-refractivity contribution is -0.121. The molecule has 0 saturated carbocycles. The molecule has 2 atom stereocenters. The largest absolute Gasteiger partial charge is 0.376 e. The number of amides is 1. The molecule has 6 heteroatoms. The second-order valence-electron chi connectivity index (χ2n) is 4.76. The number of hydrogen-bond donors (Lipinski definition) is 1. The highest BCUT2D eigenvalue weighted by Gasteiger charge is 2.25. The van der Waals surface area contributed by atoms with Crippen LogP contribution in [0.2, 0.25) is 0 Å². The summed E-state index contributed by atoms with van der Waals surface area (Å²) in [5.41, 5.74) is 0.934. The maximum atomic E-state index is 11.9. The molecule has 2 unspecified atom stereocenters. The van der Waals surface area contributed by atoms with E-state index in [2.05, 4.69) is 22.1 Å². The van der Waals surface area contributed by atoms with E-state index in [1.54, 1.807) is 0 Å². The van der Waals surface area contributed by atoms with Crippen molar-refractivity contribution in [3.8, 4) is 0 Å². The molecule has 1 aliphatic heterocycles. The first-order valence-electron chi connectivity index (χ1n) is 6.12. The quantitative estimate of drug-likeness (QED) is 0.903. The van der Waals surface area contributed by atoms with Crippen LogP contribution in [-0.2, 0) is 9.53 Å². The van der Waals surface area contributed by atoms with Gasteiger partial charge >= 0.3 is 0 Å². The molecule has 1 aromatic rings. The predicted molar refractivity (Wildman–Crippen MR) is 71.9 cm³/mol. The third-order valence-electron chi connectivity index (χ3n) is 2.95. The molecule has 1 aromatic heterocycles. The van der Waals surface area contributed by atoms with Crippen LogP contribution in [0.25, 0.3) is 0 Å². The fraction of sp³-hybridized carbons (Fsp3) is 0.667. The Bertz CT molecular complexity index is 421. The lowest BCUT2D eigenvalue weighted by atomic mass is 10.2. The van der Waals surface area contributed by atoms with E-state index in [1.165, 1.54) is 11.3 Å². The second-order valence-corrected chi connectivity index (χ2v) is 5.62. The summed E-state index contributed by atoms with van der Waals surface area (Å²) in [5, 5.41) is 5.43. The average molecular weight is 269 g/mol. The highest BCUT2D eigenvalue weighted by molar-refractivity contribution is 7.13. The third-order valence-corrected chi connectivity index (χ3v) is 3.82. The number of ether oxygens (including phenoxy) is 1. The molecule has 0 aromatic carbocycles. The smallest absolute Gasteiger partial charge is 0.240 e. The van der Waals surface area contributed by atoms with Gasteiger partial charge in [-0.1, -0.05) is 0 Å². The van der Waals surface area contributed by atoms with Crippen molar-refractivity contribution in [2.75, 3.05) is 25.0 Å². The first kappa shape index (κ1) is 13.5. The summed E-state index contributed by atoms with van der Waals surface area (Å²) >= 11 is 1.45. The molecule has 0 radical (unpaired) electrons. The van der Waals surface area contributed by atoms with Crippen molar-refractivity contribution in [2.45, 2.75) is 32.9 Å². The number of thiazole rings is 1. The van der Waals surface area contributed by atoms with E-state index in [9.17, 15) is 4.79 Å². The summed E-state index contributed by atoms with van der Waals surface area (Å²) in [6, 6.07) is 0.282. The van der Waals surface area contributed by atoms with Crippen LogP contribution < -0.4 is 5.32 Å². The highest BCUT2D eigenvalue weighted by atomic mass is 32.1. The normalized spacial score (nSPS) is 25.1. The van der Waals surface area contributed by atoms with Crippen molar-refractivity contribution in [3.63, 3.8) is 0 Å². The van der Waals surface area contributed by atoms with Crippen LogP contribution in [0.15, 0.2) is 5.38 Å². The molecular weight excluding hydrogens is 250 g/mol. The maximum Gasteiger partial charge on any atom is 0.240 e. The van der Waals surface area contributed by atoms with Crippen molar-refractivity contribution < 1.29 is 9.53 Å². The van der Waals surface area contributed by atoms with Crippen LogP contribution in [0.1, 0.15) is 19.5 Å². The zero-order valence-corrected chi connectivity index (χ0v) is 11.8. The molecule has 100 valence electrons. The Labute approximate surface area is 111 Å². The number of anilines is 1. The Morgan fingerprint density at radius 3 is 3.11 bits per heavy atom. The number of hydrogen-bond acceptors (Lipinski definition) is 5. The first-order valence-corrected chi connectivity index (χ1v) is 7.00. The molecule has 1 saturated heterocycles. The Kier molecular flexibility index (Phi) is 4.31. The van der Waals surface area contributed by atoms with Gasteiger partial charge in [0.25, 0.3) is 0 Å². The van der Waals surface area contributed by atoms with E-state index < -0.39 is 0 Å². The monoisotopic (exact) mass is 269 g/mol. The minimum absolute atomic E-state index is 0.00898. The number of aryl methyl sites for hydroxylation is 1. The van der Waals surface area contributed by atoms with Crippen LogP contribution in [0.4, 0.5) is 5.13 Å². The lowest BCUT2D eigenvalue weighted by Crippen LogP contribution is -2.50. The molecule has 1 N–H and O–H groups in total. The molecule has 2 heterocycles. The van der Waals surface area contributed by atoms with Crippen LogP contribution in [-0.4, -0.2) is 47.6 Å². The standard InChI is InChI=1S/C12H19N3O2S/c1-8-7-18-12(13-8)14-11(16)5-15-4-10(3)17-6-9(15)2/h7,9-10H,4-6H2,1-3H3,(H,13,14,16). The van der Waals surface area contributed by atoms with Gasteiger partial charge in [-0.2, -0.15) is 0 Å². The minimum atomic E-state index is -0.00898. The van der Waals surface area contributed by atoms with Gasteiger partial charge in [-0.3, -0.25) is 9.69 Å². The van der Waals surface area contributed by atoms with Crippen molar-refractivity contribution in [1.82, 2.24) is 9.88 Å². The van der Waals surface area contributed by atoms with Gasteiger partial charge in [-0.25, -0.2) is 4.98 Å². The SMILES string of the molecule is Cc1csc(NC(=O)CN2CC(C)OCC2C)n1. The molecule has 0 aliphatic carbocycles. The number of nitrogens with one attached hydrogen (secondary N) is 1. The molecule has 0 spiro atoms. The number of morpholine rings is 1. The molecule has 1 fully saturated rings. The minimum Gasteiger partial charge on any atom is -0.376 e. The first-order chi connectivity index (χ1) is 8.54. The van der Waals surface area contributed by atoms with Crippen molar-refractivity contribution in [1.29, 1.82) is 0 Å². The summed E-state index contributed by atoms with van der Waals surface area (Å²) in [7, 11) is 0. The fourth-order valence-electron chi connectivity index (χ4n) is 1.95. The molecule has 1 amide bonds. The van der Waals surface area contributed by atoms with Gasteiger partial charge in [0.15, 0.2) is 5.13 Å². The molecular formula is C12H19N3O2S. The molecule has 2 rings (SSSR count). The topological polar surface area (TPSA) is 54.5 Å². The Morgan fingerprint density at radius 1 is 1.67 bits per heavy atom. The highest BCUT2D eigenvalue weighted by Crippen LogP contribution is 2.15. The van der Waals surface area contributed by atoms with Gasteiger partial charge in [0, 0.05) is 18.0 Å². The molecule has 1 aliphatic rings. The number of nitrogens with zero attached hydrogens (tertiary/aromatic N) is 2. The average Bonchev–Trinajstić information content (AvgIpc) is 2.69. The molecule has 5 nitrogen and oxygen atoms in total. The number of rotatable bonds is 3. The lowest BCUT2D eigenvalue weighted by Gasteiger charge is -2.36. The number of carbonyl (C=O) groups excluding carboxylic acids is 1. The zero-order chi connectivity index (χ0) is 13.1. The Hall–Kier alpha value is -0.980. The molecule has 18 heavy (non-hydrogen) atoms. The van der Waals surface area contributed by atoms with E-state index in [4.69, 9.17) is 4.74 Å². The summed E-state index contributed by atoms with van der Waals surface area (Å²) in [4.78, 5) is 18.3. The van der Waals surface area contributed by atoms with Crippen LogP contribution in [0.5, 0.6) is 0 Å². The second kappa shape index (κ2) is 5.77. The summed E-state index contributed by atoms with van der Waals surface area (Å²) in [6.07, 6.45) is 0.191. The van der Waals surface area contributed by atoms with Crippen molar-refractivity contribution in [2.24, 2.45) is 0 Å². The maximum absolute atomic E-state index is 11.9. The molecule has 0 bridgehead atoms.